The third-order valence-electron chi connectivity index (χ3n) is 4.24. The van der Waals surface area contributed by atoms with Crippen molar-refractivity contribution in [2.45, 2.75) is 85.2 Å². The summed E-state index contributed by atoms with van der Waals surface area (Å²) < 4.78 is 4.87. The van der Waals surface area contributed by atoms with Gasteiger partial charge in [0.1, 0.15) is 12.7 Å². The largest absolute Gasteiger partial charge is 0.463 e. The highest BCUT2D eigenvalue weighted by atomic mass is 16.5. The minimum Gasteiger partial charge on any atom is -0.463 e. The maximum atomic E-state index is 11.5. The molecule has 0 rings (SSSR count). The number of hydrogen-bond acceptors (Lipinski definition) is 4. The molecule has 0 aromatic carbocycles. The molecule has 0 fully saturated rings. The molecule has 0 aliphatic heterocycles. The minimum atomic E-state index is -0.978. The molecule has 2 atom stereocenters. The molecule has 0 aromatic heterocycles. The van der Waals surface area contributed by atoms with Crippen molar-refractivity contribution in [3.8, 4) is 0 Å². The van der Waals surface area contributed by atoms with Crippen LogP contribution in [0.2, 0.25) is 0 Å². The zero-order valence-electron chi connectivity index (χ0n) is 16.6. The van der Waals surface area contributed by atoms with E-state index in [1.54, 1.807) is 0 Å². The average molecular weight is 361 g/mol. The lowest BCUT2D eigenvalue weighted by Crippen LogP contribution is -2.21. The standard InChI is InChI=1S/C20H38O4.H2O/c1-16(2)8-5-9-17(3)10-6-11-18(4)12-7-13-20(23)24-15-19(22)14-21;/h12,16-17,19,21-22H,5-11,13-15H2,1-4H3;1H2. The number of aliphatic hydroxyl groups excluding tert-OH is 2. The van der Waals surface area contributed by atoms with E-state index in [4.69, 9.17) is 14.9 Å². The molecule has 4 N–H and O–H groups in total. The monoisotopic (exact) mass is 360 g/mol. The van der Waals surface area contributed by atoms with Crippen LogP contribution in [0.15, 0.2) is 11.6 Å². The molecule has 0 amide bonds. The van der Waals surface area contributed by atoms with Crippen molar-refractivity contribution < 1.29 is 25.2 Å². The van der Waals surface area contributed by atoms with E-state index < -0.39 is 6.10 Å². The van der Waals surface area contributed by atoms with Crippen molar-refractivity contribution in [3.05, 3.63) is 11.6 Å². The van der Waals surface area contributed by atoms with Crippen LogP contribution < -0.4 is 0 Å². The number of ether oxygens (including phenoxy) is 1. The van der Waals surface area contributed by atoms with E-state index >= 15 is 0 Å². The van der Waals surface area contributed by atoms with Crippen LogP contribution in [0.4, 0.5) is 0 Å². The van der Waals surface area contributed by atoms with E-state index in [0.717, 1.165) is 18.3 Å². The Hall–Kier alpha value is -0.910. The molecule has 5 heteroatoms. The summed E-state index contributed by atoms with van der Waals surface area (Å²) in [4.78, 5) is 11.5. The molecule has 0 saturated heterocycles. The average Bonchev–Trinajstić information content (AvgIpc) is 2.52. The lowest BCUT2D eigenvalue weighted by Gasteiger charge is -2.12. The summed E-state index contributed by atoms with van der Waals surface area (Å²) in [7, 11) is 0. The highest BCUT2D eigenvalue weighted by Gasteiger charge is 2.07. The second kappa shape index (κ2) is 16.6. The molecule has 0 saturated carbocycles. The summed E-state index contributed by atoms with van der Waals surface area (Å²) >= 11 is 0. The molecule has 0 spiro atoms. The van der Waals surface area contributed by atoms with Gasteiger partial charge in [-0.15, -0.1) is 0 Å². The predicted molar refractivity (Wildman–Crippen MR) is 102 cm³/mol. The summed E-state index contributed by atoms with van der Waals surface area (Å²) in [5.74, 6) is 1.27. The van der Waals surface area contributed by atoms with Gasteiger partial charge in [0.2, 0.25) is 0 Å². The van der Waals surface area contributed by atoms with Gasteiger partial charge >= 0.3 is 5.97 Å². The third kappa shape index (κ3) is 17.7. The number of allylic oxidation sites excluding steroid dienone is 2. The molecule has 25 heavy (non-hydrogen) atoms. The predicted octanol–water partition coefficient (Wildman–Crippen LogP) is 3.42. The second-order valence-electron chi connectivity index (χ2n) is 7.43. The van der Waals surface area contributed by atoms with E-state index in [9.17, 15) is 4.79 Å². The molecule has 150 valence electrons. The van der Waals surface area contributed by atoms with Crippen LogP contribution in [-0.2, 0) is 9.53 Å². The zero-order chi connectivity index (χ0) is 18.4. The van der Waals surface area contributed by atoms with Crippen LogP contribution in [0.25, 0.3) is 0 Å². The van der Waals surface area contributed by atoms with E-state index in [1.165, 1.54) is 37.7 Å². The molecule has 5 nitrogen and oxygen atoms in total. The van der Waals surface area contributed by atoms with Crippen molar-refractivity contribution in [1.82, 2.24) is 0 Å². The van der Waals surface area contributed by atoms with Gasteiger partial charge in [0.25, 0.3) is 0 Å². The normalized spacial score (nSPS) is 14.1. The van der Waals surface area contributed by atoms with Crippen molar-refractivity contribution in [2.24, 2.45) is 11.8 Å². The van der Waals surface area contributed by atoms with Crippen LogP contribution in [-0.4, -0.2) is 41.0 Å². The van der Waals surface area contributed by atoms with Crippen molar-refractivity contribution in [3.63, 3.8) is 0 Å². The second-order valence-corrected chi connectivity index (χ2v) is 7.43. The van der Waals surface area contributed by atoms with Gasteiger partial charge in [-0.2, -0.15) is 0 Å². The fraction of sp³-hybridized carbons (Fsp3) is 0.850. The number of rotatable bonds is 14. The lowest BCUT2D eigenvalue weighted by atomic mass is 9.94. The topological polar surface area (TPSA) is 98.3 Å². The van der Waals surface area contributed by atoms with Crippen LogP contribution in [0.3, 0.4) is 0 Å². The molecular weight excluding hydrogens is 320 g/mol. The van der Waals surface area contributed by atoms with Crippen molar-refractivity contribution in [1.29, 1.82) is 0 Å². The Balaban J connectivity index is 0. The number of carbonyl (C=O) groups excluding carboxylic acids is 1. The SMILES string of the molecule is CC(=CCCC(=O)OCC(O)CO)CCCC(C)CCCC(C)C.O. The summed E-state index contributed by atoms with van der Waals surface area (Å²) in [6, 6.07) is 0. The Morgan fingerprint density at radius 1 is 1.08 bits per heavy atom. The van der Waals surface area contributed by atoms with Crippen LogP contribution in [0.1, 0.15) is 79.1 Å². The van der Waals surface area contributed by atoms with Gasteiger partial charge in [0.15, 0.2) is 0 Å². The Morgan fingerprint density at radius 2 is 1.72 bits per heavy atom. The van der Waals surface area contributed by atoms with Crippen molar-refractivity contribution in [2.75, 3.05) is 13.2 Å². The molecule has 0 bridgehead atoms. The minimum absolute atomic E-state index is 0. The van der Waals surface area contributed by atoms with Crippen molar-refractivity contribution >= 4 is 5.97 Å². The Morgan fingerprint density at radius 3 is 2.32 bits per heavy atom. The van der Waals surface area contributed by atoms with E-state index in [0.29, 0.717) is 12.8 Å². The van der Waals surface area contributed by atoms with Crippen LogP contribution >= 0.6 is 0 Å². The van der Waals surface area contributed by atoms with Crippen LogP contribution in [0.5, 0.6) is 0 Å². The van der Waals surface area contributed by atoms with E-state index in [-0.39, 0.29) is 24.7 Å². The molecule has 0 aromatic rings. The molecule has 2 unspecified atom stereocenters. The number of carbonyl (C=O) groups is 1. The van der Waals surface area contributed by atoms with Gasteiger partial charge in [0.05, 0.1) is 6.61 Å². The molecule has 0 aliphatic carbocycles. The smallest absolute Gasteiger partial charge is 0.306 e. The molecule has 0 heterocycles. The summed E-state index contributed by atoms with van der Waals surface area (Å²) in [6.07, 6.45) is 9.67. The van der Waals surface area contributed by atoms with Gasteiger partial charge < -0.3 is 20.4 Å². The number of esters is 1. The van der Waals surface area contributed by atoms with Gasteiger partial charge in [0, 0.05) is 6.42 Å². The first-order valence-corrected chi connectivity index (χ1v) is 9.45. The Kier molecular flexibility index (Phi) is 17.4. The van der Waals surface area contributed by atoms with Gasteiger partial charge in [-0.05, 0) is 38.0 Å². The Labute approximate surface area is 153 Å². The van der Waals surface area contributed by atoms with Gasteiger partial charge in [-0.25, -0.2) is 0 Å². The van der Waals surface area contributed by atoms with E-state index in [2.05, 4.69) is 33.8 Å². The third-order valence-corrected chi connectivity index (χ3v) is 4.24. The molecule has 0 aliphatic rings. The highest BCUT2D eigenvalue weighted by Crippen LogP contribution is 2.19. The first kappa shape index (κ1) is 26.3. The first-order chi connectivity index (χ1) is 11.3. The van der Waals surface area contributed by atoms with E-state index in [1.807, 2.05) is 0 Å². The summed E-state index contributed by atoms with van der Waals surface area (Å²) in [6.45, 7) is 8.50. The fourth-order valence-electron chi connectivity index (χ4n) is 2.60. The molecular formula is C20H40O5. The summed E-state index contributed by atoms with van der Waals surface area (Å²) in [5.41, 5.74) is 1.33. The lowest BCUT2D eigenvalue weighted by molar-refractivity contribution is -0.147. The first-order valence-electron chi connectivity index (χ1n) is 9.45. The quantitative estimate of drug-likeness (QED) is 0.366. The maximum Gasteiger partial charge on any atom is 0.306 e. The van der Waals surface area contributed by atoms with Gasteiger partial charge in [-0.3, -0.25) is 4.79 Å². The number of hydrogen-bond donors (Lipinski definition) is 2. The number of aliphatic hydroxyl groups is 2. The Bertz CT molecular complexity index is 352. The fourth-order valence-corrected chi connectivity index (χ4v) is 2.60. The molecule has 0 radical (unpaired) electrons. The van der Waals surface area contributed by atoms with Crippen LogP contribution in [0, 0.1) is 11.8 Å². The van der Waals surface area contributed by atoms with Gasteiger partial charge in [-0.1, -0.05) is 58.1 Å². The maximum absolute atomic E-state index is 11.5. The highest BCUT2D eigenvalue weighted by molar-refractivity contribution is 5.69. The zero-order valence-corrected chi connectivity index (χ0v) is 16.6. The summed E-state index contributed by atoms with van der Waals surface area (Å²) in [5, 5.41) is 17.7.